The Kier molecular flexibility index (Phi) is 3.77. The zero-order valence-electron chi connectivity index (χ0n) is 10.4. The first kappa shape index (κ1) is 12.8. The van der Waals surface area contributed by atoms with Crippen LogP contribution in [-0.2, 0) is 4.79 Å². The highest BCUT2D eigenvalue weighted by Crippen LogP contribution is 2.25. The molecule has 96 valence electrons. The van der Waals surface area contributed by atoms with Gasteiger partial charge in [-0.15, -0.1) is 0 Å². The van der Waals surface area contributed by atoms with Crippen LogP contribution < -0.4 is 5.73 Å². The lowest BCUT2D eigenvalue weighted by Gasteiger charge is -2.25. The number of nitrogens with zero attached hydrogens (tertiary/aromatic N) is 1. The summed E-state index contributed by atoms with van der Waals surface area (Å²) in [7, 11) is 0. The predicted molar refractivity (Wildman–Crippen MR) is 69.4 cm³/mol. The van der Waals surface area contributed by atoms with E-state index in [1.54, 1.807) is 6.07 Å². The largest absolute Gasteiger partial charge is 0.369 e. The van der Waals surface area contributed by atoms with Crippen molar-refractivity contribution < 1.29 is 9.18 Å². The van der Waals surface area contributed by atoms with E-state index in [0.717, 1.165) is 30.6 Å². The predicted octanol–water partition coefficient (Wildman–Crippen LogP) is 1.71. The molecule has 0 radical (unpaired) electrons. The van der Waals surface area contributed by atoms with Gasteiger partial charge in [0, 0.05) is 13.1 Å². The number of hydrogen-bond donors (Lipinski definition) is 1. The summed E-state index contributed by atoms with van der Waals surface area (Å²) in [5.74, 6) is -0.507. The van der Waals surface area contributed by atoms with Crippen LogP contribution in [0.25, 0.3) is 5.57 Å². The molecule has 4 heteroatoms. The van der Waals surface area contributed by atoms with Crippen LogP contribution in [0.4, 0.5) is 4.39 Å². The molecule has 0 aliphatic carbocycles. The summed E-state index contributed by atoms with van der Waals surface area (Å²) in [4.78, 5) is 12.8. The standard InChI is InChI=1S/C14H17FN2O/c1-10-8-12(15)2-3-13(10)11-4-6-17(7-5-11)9-14(16)18/h2-4,8H,5-7,9H2,1H3,(H2,16,18). The number of benzene rings is 1. The van der Waals surface area contributed by atoms with Crippen molar-refractivity contribution in [2.75, 3.05) is 19.6 Å². The fourth-order valence-electron chi connectivity index (χ4n) is 2.31. The van der Waals surface area contributed by atoms with E-state index in [2.05, 4.69) is 6.08 Å². The summed E-state index contributed by atoms with van der Waals surface area (Å²) < 4.78 is 13.0. The number of nitrogens with two attached hydrogens (primary N) is 1. The van der Waals surface area contributed by atoms with Gasteiger partial charge in [0.05, 0.1) is 6.54 Å². The summed E-state index contributed by atoms with van der Waals surface area (Å²) in [6.45, 7) is 3.74. The van der Waals surface area contributed by atoms with Crippen LogP contribution in [0.15, 0.2) is 24.3 Å². The van der Waals surface area contributed by atoms with Gasteiger partial charge in [-0.25, -0.2) is 4.39 Å². The Balaban J connectivity index is 2.11. The monoisotopic (exact) mass is 248 g/mol. The smallest absolute Gasteiger partial charge is 0.231 e. The second-order valence-corrected chi connectivity index (χ2v) is 4.64. The molecule has 1 aliphatic rings. The second kappa shape index (κ2) is 5.31. The highest BCUT2D eigenvalue weighted by atomic mass is 19.1. The van der Waals surface area contributed by atoms with Gasteiger partial charge in [0.2, 0.25) is 5.91 Å². The van der Waals surface area contributed by atoms with E-state index in [1.807, 2.05) is 17.9 Å². The zero-order chi connectivity index (χ0) is 13.1. The van der Waals surface area contributed by atoms with Gasteiger partial charge in [0.15, 0.2) is 0 Å². The summed E-state index contributed by atoms with van der Waals surface area (Å²) in [6, 6.07) is 4.85. The third-order valence-corrected chi connectivity index (χ3v) is 3.21. The maximum atomic E-state index is 13.0. The highest BCUT2D eigenvalue weighted by Gasteiger charge is 2.15. The summed E-state index contributed by atoms with van der Waals surface area (Å²) in [6.07, 6.45) is 2.95. The first-order chi connectivity index (χ1) is 8.56. The molecule has 2 rings (SSSR count). The van der Waals surface area contributed by atoms with E-state index < -0.39 is 0 Å². The Morgan fingerprint density at radius 1 is 1.50 bits per heavy atom. The van der Waals surface area contributed by atoms with E-state index in [1.165, 1.54) is 11.6 Å². The van der Waals surface area contributed by atoms with E-state index in [0.29, 0.717) is 6.54 Å². The molecule has 1 aliphatic heterocycles. The van der Waals surface area contributed by atoms with Gasteiger partial charge in [0.1, 0.15) is 5.82 Å². The van der Waals surface area contributed by atoms with Crippen molar-refractivity contribution in [1.29, 1.82) is 0 Å². The van der Waals surface area contributed by atoms with Gasteiger partial charge in [-0.3, -0.25) is 9.69 Å². The number of carbonyl (C=O) groups is 1. The van der Waals surface area contributed by atoms with Crippen LogP contribution in [0.3, 0.4) is 0 Å². The van der Waals surface area contributed by atoms with E-state index in [-0.39, 0.29) is 11.7 Å². The number of hydrogen-bond acceptors (Lipinski definition) is 2. The molecule has 1 heterocycles. The lowest BCUT2D eigenvalue weighted by atomic mass is 9.95. The van der Waals surface area contributed by atoms with Gasteiger partial charge >= 0.3 is 0 Å². The van der Waals surface area contributed by atoms with E-state index in [4.69, 9.17) is 5.73 Å². The fourth-order valence-corrected chi connectivity index (χ4v) is 2.31. The zero-order valence-corrected chi connectivity index (χ0v) is 10.4. The van der Waals surface area contributed by atoms with Crippen molar-refractivity contribution in [1.82, 2.24) is 4.90 Å². The molecular weight excluding hydrogens is 231 g/mol. The molecule has 3 nitrogen and oxygen atoms in total. The first-order valence-corrected chi connectivity index (χ1v) is 6.02. The molecule has 1 aromatic rings. The number of rotatable bonds is 3. The van der Waals surface area contributed by atoms with Crippen molar-refractivity contribution in [2.45, 2.75) is 13.3 Å². The molecule has 18 heavy (non-hydrogen) atoms. The minimum Gasteiger partial charge on any atom is -0.369 e. The molecule has 0 saturated heterocycles. The van der Waals surface area contributed by atoms with Crippen molar-refractivity contribution in [3.63, 3.8) is 0 Å². The Labute approximate surface area is 106 Å². The average molecular weight is 248 g/mol. The van der Waals surface area contributed by atoms with Crippen LogP contribution in [0, 0.1) is 12.7 Å². The van der Waals surface area contributed by atoms with Crippen LogP contribution in [0.5, 0.6) is 0 Å². The van der Waals surface area contributed by atoms with Gasteiger partial charge in [-0.1, -0.05) is 12.1 Å². The first-order valence-electron chi connectivity index (χ1n) is 6.02. The molecular formula is C14H17FN2O. The molecule has 0 fully saturated rings. The van der Waals surface area contributed by atoms with Gasteiger partial charge in [-0.05, 0) is 42.2 Å². The fraction of sp³-hybridized carbons (Fsp3) is 0.357. The lowest BCUT2D eigenvalue weighted by molar-refractivity contribution is -0.119. The number of halogens is 1. The van der Waals surface area contributed by atoms with Crippen molar-refractivity contribution in [2.24, 2.45) is 5.73 Å². The Bertz CT molecular complexity index is 497. The second-order valence-electron chi connectivity index (χ2n) is 4.64. The van der Waals surface area contributed by atoms with Crippen LogP contribution in [0.2, 0.25) is 0 Å². The molecule has 1 amide bonds. The molecule has 0 aromatic heterocycles. The molecule has 1 aromatic carbocycles. The number of amides is 1. The van der Waals surface area contributed by atoms with Gasteiger partial charge in [0.25, 0.3) is 0 Å². The van der Waals surface area contributed by atoms with Crippen LogP contribution in [0.1, 0.15) is 17.5 Å². The van der Waals surface area contributed by atoms with Crippen molar-refractivity contribution in [3.8, 4) is 0 Å². The van der Waals surface area contributed by atoms with Crippen LogP contribution in [-0.4, -0.2) is 30.4 Å². The third-order valence-electron chi connectivity index (χ3n) is 3.21. The maximum Gasteiger partial charge on any atom is 0.231 e. The average Bonchev–Trinajstić information content (AvgIpc) is 2.30. The maximum absolute atomic E-state index is 13.0. The summed E-state index contributed by atoms with van der Waals surface area (Å²) in [5.41, 5.74) is 8.42. The lowest BCUT2D eigenvalue weighted by Crippen LogP contribution is -2.36. The molecule has 0 bridgehead atoms. The molecule has 0 spiro atoms. The number of carbonyl (C=O) groups excluding carboxylic acids is 1. The molecule has 0 unspecified atom stereocenters. The van der Waals surface area contributed by atoms with Crippen molar-refractivity contribution >= 4 is 11.5 Å². The van der Waals surface area contributed by atoms with Crippen molar-refractivity contribution in [3.05, 3.63) is 41.2 Å². The SMILES string of the molecule is Cc1cc(F)ccc1C1=CCN(CC(N)=O)CC1. The van der Waals surface area contributed by atoms with E-state index in [9.17, 15) is 9.18 Å². The Morgan fingerprint density at radius 2 is 2.28 bits per heavy atom. The number of aryl methyl sites for hydroxylation is 1. The Morgan fingerprint density at radius 3 is 2.83 bits per heavy atom. The third kappa shape index (κ3) is 2.96. The topological polar surface area (TPSA) is 46.3 Å². The minimum absolute atomic E-state index is 0.206. The summed E-state index contributed by atoms with van der Waals surface area (Å²) >= 11 is 0. The summed E-state index contributed by atoms with van der Waals surface area (Å²) in [5, 5.41) is 0. The Hall–Kier alpha value is -1.68. The normalized spacial score (nSPS) is 16.4. The quantitative estimate of drug-likeness (QED) is 0.885. The highest BCUT2D eigenvalue weighted by molar-refractivity contribution is 5.76. The molecule has 0 saturated carbocycles. The van der Waals surface area contributed by atoms with Crippen LogP contribution >= 0.6 is 0 Å². The number of primary amides is 1. The minimum atomic E-state index is -0.301. The van der Waals surface area contributed by atoms with E-state index >= 15 is 0 Å². The van der Waals surface area contributed by atoms with Gasteiger partial charge < -0.3 is 5.73 Å². The molecule has 2 N–H and O–H groups in total. The molecule has 0 atom stereocenters. The van der Waals surface area contributed by atoms with Gasteiger partial charge in [-0.2, -0.15) is 0 Å².